The van der Waals surface area contributed by atoms with E-state index in [4.69, 9.17) is 4.42 Å². The lowest BCUT2D eigenvalue weighted by atomic mass is 9.98. The molecule has 0 bridgehead atoms. The van der Waals surface area contributed by atoms with E-state index in [2.05, 4.69) is 52.0 Å². The van der Waals surface area contributed by atoms with Crippen molar-refractivity contribution >= 4 is 6.01 Å². The molecule has 21 heavy (non-hydrogen) atoms. The van der Waals surface area contributed by atoms with E-state index in [0.717, 1.165) is 13.0 Å². The fraction of sp³-hybridized carbons (Fsp3) is 0.500. The fourth-order valence-electron chi connectivity index (χ4n) is 2.26. The van der Waals surface area contributed by atoms with Crippen LogP contribution in [0.25, 0.3) is 0 Å². The van der Waals surface area contributed by atoms with Gasteiger partial charge >= 0.3 is 6.01 Å². The van der Waals surface area contributed by atoms with Gasteiger partial charge in [0.15, 0.2) is 0 Å². The zero-order chi connectivity index (χ0) is 14.5. The van der Waals surface area contributed by atoms with Gasteiger partial charge in [0.1, 0.15) is 0 Å². The molecule has 0 aliphatic heterocycles. The zero-order valence-electron chi connectivity index (χ0n) is 12.4. The summed E-state index contributed by atoms with van der Waals surface area (Å²) in [5, 5.41) is 14.6. The highest BCUT2D eigenvalue weighted by Crippen LogP contribution is 2.20. The maximum absolute atomic E-state index is 5.55. The molecule has 1 heterocycles. The summed E-state index contributed by atoms with van der Waals surface area (Å²) in [5.74, 6) is 1.16. The summed E-state index contributed by atoms with van der Waals surface area (Å²) in [6.07, 6.45) is 3.55. The van der Waals surface area contributed by atoms with Crippen LogP contribution in [0, 0.1) is 0 Å². The molecule has 1 aromatic carbocycles. The first-order valence-electron chi connectivity index (χ1n) is 7.66. The Labute approximate surface area is 125 Å². The fourth-order valence-corrected chi connectivity index (χ4v) is 2.26. The average molecular weight is 286 g/mol. The molecule has 1 aromatic heterocycles. The van der Waals surface area contributed by atoms with Crippen LogP contribution < -0.4 is 10.6 Å². The molecule has 2 N–H and O–H groups in total. The van der Waals surface area contributed by atoms with Gasteiger partial charge in [0.25, 0.3) is 0 Å². The Bertz CT molecular complexity index is 550. The standard InChI is InChI=1S/C16H22N4O/c1-12(13-5-3-2-4-6-13)9-10-17-16-20-19-15(21-16)11-18-14-7-8-14/h2-6,12,14,18H,7-11H2,1H3,(H,17,20). The Morgan fingerprint density at radius 2 is 2.05 bits per heavy atom. The van der Waals surface area contributed by atoms with Gasteiger partial charge in [-0.15, -0.1) is 5.10 Å². The van der Waals surface area contributed by atoms with Gasteiger partial charge < -0.3 is 15.1 Å². The van der Waals surface area contributed by atoms with Gasteiger partial charge in [0.05, 0.1) is 6.54 Å². The Balaban J connectivity index is 1.40. The Morgan fingerprint density at radius 3 is 2.81 bits per heavy atom. The molecule has 5 heteroatoms. The molecule has 5 nitrogen and oxygen atoms in total. The maximum atomic E-state index is 5.55. The molecule has 2 aromatic rings. The summed E-state index contributed by atoms with van der Waals surface area (Å²) >= 11 is 0. The van der Waals surface area contributed by atoms with E-state index < -0.39 is 0 Å². The number of anilines is 1. The third kappa shape index (κ3) is 4.29. The summed E-state index contributed by atoms with van der Waals surface area (Å²) < 4.78 is 5.55. The van der Waals surface area contributed by atoms with E-state index in [-0.39, 0.29) is 0 Å². The van der Waals surface area contributed by atoms with E-state index in [1.165, 1.54) is 18.4 Å². The smallest absolute Gasteiger partial charge is 0.315 e. The van der Waals surface area contributed by atoms with E-state index >= 15 is 0 Å². The Morgan fingerprint density at radius 1 is 1.24 bits per heavy atom. The van der Waals surface area contributed by atoms with Crippen LogP contribution in [0.15, 0.2) is 34.7 Å². The van der Waals surface area contributed by atoms with Gasteiger partial charge in [-0.25, -0.2) is 0 Å². The first kappa shape index (κ1) is 14.1. The van der Waals surface area contributed by atoms with Gasteiger partial charge in [-0.3, -0.25) is 0 Å². The minimum Gasteiger partial charge on any atom is -0.407 e. The monoisotopic (exact) mass is 286 g/mol. The van der Waals surface area contributed by atoms with Crippen LogP contribution in [0.2, 0.25) is 0 Å². The van der Waals surface area contributed by atoms with Crippen LogP contribution >= 0.6 is 0 Å². The largest absolute Gasteiger partial charge is 0.407 e. The van der Waals surface area contributed by atoms with Crippen LogP contribution in [0.1, 0.15) is 43.6 Å². The quantitative estimate of drug-likeness (QED) is 0.781. The van der Waals surface area contributed by atoms with Crippen LogP contribution in [-0.2, 0) is 6.54 Å². The minimum atomic E-state index is 0.512. The summed E-state index contributed by atoms with van der Waals surface area (Å²) in [4.78, 5) is 0. The predicted octanol–water partition coefficient (Wildman–Crippen LogP) is 2.93. The lowest BCUT2D eigenvalue weighted by Gasteiger charge is -2.11. The molecule has 112 valence electrons. The normalized spacial score (nSPS) is 15.9. The van der Waals surface area contributed by atoms with Crippen molar-refractivity contribution in [3.8, 4) is 0 Å². The molecule has 0 radical (unpaired) electrons. The Kier molecular flexibility index (Phi) is 4.50. The van der Waals surface area contributed by atoms with E-state index in [9.17, 15) is 0 Å². The van der Waals surface area contributed by atoms with E-state index in [0.29, 0.717) is 30.4 Å². The molecule has 1 aliphatic carbocycles. The van der Waals surface area contributed by atoms with Crippen LogP contribution in [-0.4, -0.2) is 22.8 Å². The van der Waals surface area contributed by atoms with Crippen molar-refractivity contribution in [1.29, 1.82) is 0 Å². The molecule has 1 aliphatic rings. The molecule has 1 atom stereocenters. The molecule has 0 spiro atoms. The zero-order valence-corrected chi connectivity index (χ0v) is 12.4. The highest BCUT2D eigenvalue weighted by molar-refractivity contribution is 5.20. The van der Waals surface area contributed by atoms with Crippen molar-refractivity contribution in [1.82, 2.24) is 15.5 Å². The van der Waals surface area contributed by atoms with Gasteiger partial charge in [0, 0.05) is 12.6 Å². The molecule has 0 saturated heterocycles. The van der Waals surface area contributed by atoms with Crippen molar-refractivity contribution in [2.24, 2.45) is 0 Å². The van der Waals surface area contributed by atoms with E-state index in [1.54, 1.807) is 0 Å². The van der Waals surface area contributed by atoms with Crippen molar-refractivity contribution < 1.29 is 4.42 Å². The van der Waals surface area contributed by atoms with Crippen molar-refractivity contribution in [3.63, 3.8) is 0 Å². The Hall–Kier alpha value is -1.88. The predicted molar refractivity (Wildman–Crippen MR) is 82.1 cm³/mol. The first-order valence-corrected chi connectivity index (χ1v) is 7.66. The highest BCUT2D eigenvalue weighted by Gasteiger charge is 2.21. The molecule has 0 amide bonds. The second kappa shape index (κ2) is 6.72. The van der Waals surface area contributed by atoms with Gasteiger partial charge in [-0.05, 0) is 30.7 Å². The van der Waals surface area contributed by atoms with Crippen LogP contribution in [0.5, 0.6) is 0 Å². The number of nitrogens with one attached hydrogen (secondary N) is 2. The van der Waals surface area contributed by atoms with Crippen molar-refractivity contribution in [3.05, 3.63) is 41.8 Å². The number of hydrogen-bond acceptors (Lipinski definition) is 5. The number of nitrogens with zero attached hydrogens (tertiary/aromatic N) is 2. The molecule has 1 unspecified atom stereocenters. The molecule has 1 fully saturated rings. The van der Waals surface area contributed by atoms with Crippen molar-refractivity contribution in [2.45, 2.75) is 44.7 Å². The molecule has 3 rings (SSSR count). The van der Waals surface area contributed by atoms with Crippen LogP contribution in [0.3, 0.4) is 0 Å². The second-order valence-corrected chi connectivity index (χ2v) is 5.68. The third-order valence-electron chi connectivity index (χ3n) is 3.81. The number of rotatable bonds is 8. The third-order valence-corrected chi connectivity index (χ3v) is 3.81. The summed E-state index contributed by atoms with van der Waals surface area (Å²) in [7, 11) is 0. The first-order chi connectivity index (χ1) is 10.3. The molecular formula is C16H22N4O. The summed E-state index contributed by atoms with van der Waals surface area (Å²) in [6, 6.07) is 11.7. The highest BCUT2D eigenvalue weighted by atomic mass is 16.4. The van der Waals surface area contributed by atoms with Crippen molar-refractivity contribution in [2.75, 3.05) is 11.9 Å². The maximum Gasteiger partial charge on any atom is 0.315 e. The lowest BCUT2D eigenvalue weighted by molar-refractivity contribution is 0.475. The SMILES string of the molecule is CC(CCNc1nnc(CNC2CC2)o1)c1ccccc1. The van der Waals surface area contributed by atoms with Gasteiger partial charge in [-0.1, -0.05) is 42.4 Å². The van der Waals surface area contributed by atoms with E-state index in [1.807, 2.05) is 6.07 Å². The number of aromatic nitrogens is 2. The topological polar surface area (TPSA) is 63.0 Å². The number of hydrogen-bond donors (Lipinski definition) is 2. The lowest BCUT2D eigenvalue weighted by Crippen LogP contribution is -2.15. The summed E-state index contributed by atoms with van der Waals surface area (Å²) in [6.45, 7) is 3.73. The number of benzene rings is 1. The summed E-state index contributed by atoms with van der Waals surface area (Å²) in [5.41, 5.74) is 1.36. The van der Waals surface area contributed by atoms with Gasteiger partial charge in [0.2, 0.25) is 5.89 Å². The second-order valence-electron chi connectivity index (χ2n) is 5.68. The van der Waals surface area contributed by atoms with Gasteiger partial charge in [-0.2, -0.15) is 0 Å². The minimum absolute atomic E-state index is 0.512. The molecular weight excluding hydrogens is 264 g/mol. The average Bonchev–Trinajstić information content (AvgIpc) is 3.25. The molecule has 1 saturated carbocycles. The van der Waals surface area contributed by atoms with Crippen LogP contribution in [0.4, 0.5) is 6.01 Å².